The van der Waals surface area contributed by atoms with E-state index < -0.39 is 16.8 Å². The Hall–Kier alpha value is -2.15. The maximum Gasteiger partial charge on any atom is 0.254 e. The Labute approximate surface area is 162 Å². The number of hydrogen-bond acceptors (Lipinski definition) is 3. The van der Waals surface area contributed by atoms with E-state index in [0.29, 0.717) is 17.1 Å². The Morgan fingerprint density at radius 1 is 1.15 bits per heavy atom. The Morgan fingerprint density at radius 2 is 1.78 bits per heavy atom. The number of rotatable bonds is 5. The van der Waals surface area contributed by atoms with Gasteiger partial charge in [0.15, 0.2) is 0 Å². The van der Waals surface area contributed by atoms with Gasteiger partial charge in [-0.2, -0.15) is 0 Å². The molecule has 148 valence electrons. The van der Waals surface area contributed by atoms with Gasteiger partial charge in [-0.1, -0.05) is 19.9 Å². The molecule has 0 aliphatic heterocycles. The fourth-order valence-corrected chi connectivity index (χ4v) is 3.63. The van der Waals surface area contributed by atoms with Crippen molar-refractivity contribution in [3.63, 3.8) is 0 Å². The van der Waals surface area contributed by atoms with Gasteiger partial charge in [0, 0.05) is 12.6 Å². The molecule has 0 amide bonds. The second-order valence-electron chi connectivity index (χ2n) is 6.88. The van der Waals surface area contributed by atoms with Crippen molar-refractivity contribution >= 4 is 28.2 Å². The van der Waals surface area contributed by atoms with Crippen LogP contribution in [0.15, 0.2) is 29.1 Å². The SMILES string of the molecule is CC.Cc1ccc(Nc2c(NS(=O)C3(C)CC3)cc(C)c(=O)n2C)c(F)c1. The summed E-state index contributed by atoms with van der Waals surface area (Å²) < 4.78 is 30.9. The second-order valence-corrected chi connectivity index (χ2v) is 8.61. The summed E-state index contributed by atoms with van der Waals surface area (Å²) in [6, 6.07) is 6.48. The maximum absolute atomic E-state index is 14.2. The first-order chi connectivity index (χ1) is 12.7. The van der Waals surface area contributed by atoms with Gasteiger partial charge in [0.25, 0.3) is 5.56 Å². The van der Waals surface area contributed by atoms with Crippen LogP contribution in [0, 0.1) is 19.7 Å². The molecule has 2 N–H and O–H groups in total. The third kappa shape index (κ3) is 4.58. The van der Waals surface area contributed by atoms with E-state index in [4.69, 9.17) is 0 Å². The first-order valence-corrected chi connectivity index (χ1v) is 10.3. The summed E-state index contributed by atoms with van der Waals surface area (Å²) >= 11 is 0. The Bertz CT molecular complexity index is 920. The van der Waals surface area contributed by atoms with Crippen LogP contribution in [0.3, 0.4) is 0 Å². The number of halogens is 1. The molecule has 27 heavy (non-hydrogen) atoms. The van der Waals surface area contributed by atoms with Crippen molar-refractivity contribution in [3.8, 4) is 0 Å². The molecule has 0 saturated heterocycles. The molecule has 0 bridgehead atoms. The van der Waals surface area contributed by atoms with Gasteiger partial charge in [0.1, 0.15) is 22.6 Å². The summed E-state index contributed by atoms with van der Waals surface area (Å²) in [4.78, 5) is 12.3. The number of pyridine rings is 1. The van der Waals surface area contributed by atoms with Crippen LogP contribution in [0.4, 0.5) is 21.6 Å². The zero-order valence-electron chi connectivity index (χ0n) is 16.8. The van der Waals surface area contributed by atoms with E-state index in [1.807, 2.05) is 20.8 Å². The van der Waals surface area contributed by atoms with Crippen LogP contribution in [0.5, 0.6) is 0 Å². The monoisotopic (exact) mass is 393 g/mol. The van der Waals surface area contributed by atoms with Gasteiger partial charge in [-0.25, -0.2) is 8.60 Å². The molecule has 3 rings (SSSR count). The summed E-state index contributed by atoms with van der Waals surface area (Å²) in [7, 11) is 0.331. The fourth-order valence-electron chi connectivity index (χ4n) is 2.56. The molecule has 1 aliphatic rings. The van der Waals surface area contributed by atoms with Crippen molar-refractivity contribution in [2.45, 2.75) is 52.2 Å². The molecule has 1 unspecified atom stereocenters. The van der Waals surface area contributed by atoms with Crippen molar-refractivity contribution in [1.29, 1.82) is 0 Å². The minimum atomic E-state index is -1.28. The first kappa shape index (κ1) is 21.2. The van der Waals surface area contributed by atoms with Gasteiger partial charge in [0.2, 0.25) is 0 Å². The van der Waals surface area contributed by atoms with E-state index in [-0.39, 0.29) is 16.0 Å². The average Bonchev–Trinajstić information content (AvgIpc) is 3.39. The van der Waals surface area contributed by atoms with Gasteiger partial charge in [-0.15, -0.1) is 0 Å². The molecule has 2 aromatic rings. The van der Waals surface area contributed by atoms with Crippen LogP contribution in [0.25, 0.3) is 0 Å². The molecule has 0 spiro atoms. The highest BCUT2D eigenvalue weighted by Crippen LogP contribution is 2.41. The van der Waals surface area contributed by atoms with Crippen LogP contribution in [0.2, 0.25) is 0 Å². The second kappa shape index (κ2) is 8.25. The maximum atomic E-state index is 14.2. The molecule has 0 radical (unpaired) electrons. The molecule has 1 fully saturated rings. The van der Waals surface area contributed by atoms with Gasteiger partial charge < -0.3 is 10.0 Å². The van der Waals surface area contributed by atoms with Crippen molar-refractivity contribution in [2.24, 2.45) is 7.05 Å². The van der Waals surface area contributed by atoms with Crippen LogP contribution >= 0.6 is 0 Å². The quantitative estimate of drug-likeness (QED) is 0.784. The Balaban J connectivity index is 0.00000126. The van der Waals surface area contributed by atoms with Crippen LogP contribution in [-0.4, -0.2) is 13.5 Å². The number of aromatic nitrogens is 1. The standard InChI is InChI=1S/C18H22FN3O2S.C2H6/c1-11-5-6-14(13(19)9-11)20-16-15(10-12(2)17(23)22(16)4)21-25(24)18(3)7-8-18;1-2/h5-6,9-10,20-21H,7-8H2,1-4H3;1-2H3. The highest BCUT2D eigenvalue weighted by Gasteiger charge is 2.44. The minimum Gasteiger partial charge on any atom is -0.337 e. The molecular weight excluding hydrogens is 365 g/mol. The number of aryl methyl sites for hydroxylation is 2. The van der Waals surface area contributed by atoms with E-state index in [1.54, 1.807) is 39.1 Å². The van der Waals surface area contributed by atoms with Gasteiger partial charge in [0.05, 0.1) is 16.1 Å². The van der Waals surface area contributed by atoms with Crippen molar-refractivity contribution < 1.29 is 8.60 Å². The lowest BCUT2D eigenvalue weighted by Crippen LogP contribution is -2.26. The predicted octanol–water partition coefficient (Wildman–Crippen LogP) is 4.54. The number of benzene rings is 1. The van der Waals surface area contributed by atoms with E-state index in [2.05, 4.69) is 10.0 Å². The minimum absolute atomic E-state index is 0.191. The van der Waals surface area contributed by atoms with Crippen LogP contribution < -0.4 is 15.6 Å². The highest BCUT2D eigenvalue weighted by molar-refractivity contribution is 7.88. The van der Waals surface area contributed by atoms with E-state index in [1.165, 1.54) is 10.6 Å². The molecule has 1 aromatic carbocycles. The predicted molar refractivity (Wildman–Crippen MR) is 112 cm³/mol. The highest BCUT2D eigenvalue weighted by atomic mass is 32.2. The summed E-state index contributed by atoms with van der Waals surface area (Å²) in [5.41, 5.74) is 1.92. The number of nitrogens with zero attached hydrogens (tertiary/aromatic N) is 1. The van der Waals surface area contributed by atoms with Gasteiger partial charge in [-0.3, -0.25) is 9.36 Å². The van der Waals surface area contributed by atoms with Crippen molar-refractivity contribution in [1.82, 2.24) is 4.57 Å². The smallest absolute Gasteiger partial charge is 0.254 e. The van der Waals surface area contributed by atoms with Gasteiger partial charge >= 0.3 is 0 Å². The lowest BCUT2D eigenvalue weighted by molar-refractivity contribution is 0.630. The summed E-state index contributed by atoms with van der Waals surface area (Å²) in [6.07, 6.45) is 1.79. The largest absolute Gasteiger partial charge is 0.337 e. The zero-order valence-corrected chi connectivity index (χ0v) is 17.6. The first-order valence-electron chi connectivity index (χ1n) is 9.13. The molecule has 1 saturated carbocycles. The fraction of sp³-hybridized carbons (Fsp3) is 0.450. The van der Waals surface area contributed by atoms with E-state index in [9.17, 15) is 13.4 Å². The molecule has 1 heterocycles. The zero-order chi connectivity index (χ0) is 20.4. The Kier molecular flexibility index (Phi) is 6.46. The lowest BCUT2D eigenvalue weighted by atomic mass is 10.2. The average molecular weight is 394 g/mol. The van der Waals surface area contributed by atoms with E-state index >= 15 is 0 Å². The van der Waals surface area contributed by atoms with Crippen LogP contribution in [-0.2, 0) is 18.0 Å². The third-order valence-corrected chi connectivity index (χ3v) is 6.28. The van der Waals surface area contributed by atoms with E-state index in [0.717, 1.165) is 18.4 Å². The van der Waals surface area contributed by atoms with Gasteiger partial charge in [-0.05, 0) is 57.4 Å². The molecule has 1 aromatic heterocycles. The summed E-state index contributed by atoms with van der Waals surface area (Å²) in [5.74, 6) is -0.0230. The number of nitrogens with one attached hydrogen (secondary N) is 2. The topological polar surface area (TPSA) is 63.1 Å². The van der Waals surface area contributed by atoms with Crippen molar-refractivity contribution in [2.75, 3.05) is 10.0 Å². The van der Waals surface area contributed by atoms with Crippen LogP contribution in [0.1, 0.15) is 44.7 Å². The number of hydrogen-bond donors (Lipinski definition) is 2. The molecule has 1 atom stereocenters. The molecule has 7 heteroatoms. The molecular formula is C20H28FN3O2S. The summed E-state index contributed by atoms with van der Waals surface area (Å²) in [6.45, 7) is 9.46. The molecule has 1 aliphatic carbocycles. The summed E-state index contributed by atoms with van der Waals surface area (Å²) in [5, 5.41) is 2.97. The molecule has 5 nitrogen and oxygen atoms in total. The lowest BCUT2D eigenvalue weighted by Gasteiger charge is -2.19. The normalized spacial score (nSPS) is 15.4. The third-order valence-electron chi connectivity index (χ3n) is 4.58. The number of anilines is 3. The van der Waals surface area contributed by atoms with Crippen molar-refractivity contribution in [3.05, 3.63) is 51.6 Å². The Morgan fingerprint density at radius 3 is 2.33 bits per heavy atom.